The Balaban J connectivity index is 1.64. The molecular formula is C16H19FN4OS. The summed E-state index contributed by atoms with van der Waals surface area (Å²) in [5.41, 5.74) is 0.314. The van der Waals surface area contributed by atoms with Gasteiger partial charge in [-0.2, -0.15) is 0 Å². The molecule has 0 N–H and O–H groups in total. The summed E-state index contributed by atoms with van der Waals surface area (Å²) in [6, 6.07) is 4.08. The van der Waals surface area contributed by atoms with Crippen LogP contribution in [-0.4, -0.2) is 58.0 Å². The Labute approximate surface area is 138 Å². The topological polar surface area (TPSA) is 49.3 Å². The van der Waals surface area contributed by atoms with Gasteiger partial charge in [-0.25, -0.2) is 9.37 Å². The summed E-state index contributed by atoms with van der Waals surface area (Å²) in [6.07, 6.45) is 4.11. The number of thiophene rings is 1. The second-order valence-electron chi connectivity index (χ2n) is 5.77. The number of likely N-dealkylation sites (tertiary alicyclic amines) is 1. The van der Waals surface area contributed by atoms with Crippen molar-refractivity contribution < 1.29 is 9.18 Å². The molecule has 0 saturated carbocycles. The SMILES string of the molecule is CN(C[C@@H]1C[C@H](F)CN1Cc1cccs1)C(=O)c1cnccn1. The quantitative estimate of drug-likeness (QED) is 0.841. The third-order valence-electron chi connectivity index (χ3n) is 4.03. The van der Waals surface area contributed by atoms with Gasteiger partial charge in [0.1, 0.15) is 11.9 Å². The molecule has 1 fully saturated rings. The molecule has 0 aliphatic carbocycles. The Bertz CT molecular complexity index is 637. The van der Waals surface area contributed by atoms with Gasteiger partial charge in [-0.3, -0.25) is 14.7 Å². The van der Waals surface area contributed by atoms with Gasteiger partial charge in [0, 0.05) is 50.0 Å². The van der Waals surface area contributed by atoms with Crippen LogP contribution in [0.3, 0.4) is 0 Å². The summed E-state index contributed by atoms with van der Waals surface area (Å²) < 4.78 is 13.9. The van der Waals surface area contributed by atoms with Gasteiger partial charge in [0.05, 0.1) is 6.20 Å². The molecule has 3 rings (SSSR count). The Hall–Kier alpha value is -1.86. The van der Waals surface area contributed by atoms with Crippen molar-refractivity contribution in [1.82, 2.24) is 19.8 Å². The maximum atomic E-state index is 13.9. The highest BCUT2D eigenvalue weighted by Crippen LogP contribution is 2.25. The molecule has 2 aromatic rings. The van der Waals surface area contributed by atoms with E-state index in [1.165, 1.54) is 23.5 Å². The lowest BCUT2D eigenvalue weighted by Gasteiger charge is -2.27. The van der Waals surface area contributed by atoms with Crippen LogP contribution >= 0.6 is 11.3 Å². The highest BCUT2D eigenvalue weighted by Gasteiger charge is 2.33. The van der Waals surface area contributed by atoms with E-state index in [0.717, 1.165) is 6.54 Å². The lowest BCUT2D eigenvalue weighted by molar-refractivity contribution is 0.0744. The molecule has 2 atom stereocenters. The van der Waals surface area contributed by atoms with Crippen molar-refractivity contribution in [3.05, 3.63) is 46.7 Å². The molecule has 1 amide bonds. The number of carbonyl (C=O) groups is 1. The van der Waals surface area contributed by atoms with E-state index >= 15 is 0 Å². The summed E-state index contributed by atoms with van der Waals surface area (Å²) in [5.74, 6) is -0.184. The van der Waals surface area contributed by atoms with E-state index in [4.69, 9.17) is 0 Å². The standard InChI is InChI=1S/C16H19FN4OS/c1-20(16(22)15-8-18-4-5-19-15)10-13-7-12(17)9-21(13)11-14-3-2-6-23-14/h2-6,8,12-13H,7,9-11H2,1H3/t12-,13-/m0/s1. The van der Waals surface area contributed by atoms with Gasteiger partial charge in [0.15, 0.2) is 0 Å². The number of carbonyl (C=O) groups excluding carboxylic acids is 1. The van der Waals surface area contributed by atoms with Crippen LogP contribution in [0.2, 0.25) is 0 Å². The number of nitrogens with zero attached hydrogens (tertiary/aromatic N) is 4. The van der Waals surface area contributed by atoms with Crippen molar-refractivity contribution in [1.29, 1.82) is 0 Å². The molecule has 3 heterocycles. The normalized spacial score (nSPS) is 21.5. The van der Waals surface area contributed by atoms with Crippen molar-refractivity contribution in [2.45, 2.75) is 25.2 Å². The monoisotopic (exact) mass is 334 g/mol. The van der Waals surface area contributed by atoms with Crippen LogP contribution < -0.4 is 0 Å². The lowest BCUT2D eigenvalue weighted by atomic mass is 10.2. The third-order valence-corrected chi connectivity index (χ3v) is 4.89. The summed E-state index contributed by atoms with van der Waals surface area (Å²) in [5, 5.41) is 2.02. The van der Waals surface area contributed by atoms with Gasteiger partial charge in [0.2, 0.25) is 0 Å². The fraction of sp³-hybridized carbons (Fsp3) is 0.438. The van der Waals surface area contributed by atoms with Crippen molar-refractivity contribution in [2.24, 2.45) is 0 Å². The number of amides is 1. The van der Waals surface area contributed by atoms with E-state index in [-0.39, 0.29) is 11.9 Å². The van der Waals surface area contributed by atoms with Gasteiger partial charge >= 0.3 is 0 Å². The minimum absolute atomic E-state index is 0.0257. The first-order valence-electron chi connectivity index (χ1n) is 7.55. The highest BCUT2D eigenvalue weighted by molar-refractivity contribution is 7.09. The fourth-order valence-electron chi connectivity index (χ4n) is 2.91. The second kappa shape index (κ2) is 7.14. The second-order valence-corrected chi connectivity index (χ2v) is 6.80. The van der Waals surface area contributed by atoms with E-state index < -0.39 is 6.17 Å². The summed E-state index contributed by atoms with van der Waals surface area (Å²) in [4.78, 5) is 25.2. The van der Waals surface area contributed by atoms with Gasteiger partial charge in [-0.05, 0) is 17.9 Å². The van der Waals surface area contributed by atoms with Crippen LogP contribution in [0.15, 0.2) is 36.1 Å². The van der Waals surface area contributed by atoms with Crippen molar-refractivity contribution >= 4 is 17.2 Å². The smallest absolute Gasteiger partial charge is 0.273 e. The third kappa shape index (κ3) is 3.92. The van der Waals surface area contributed by atoms with Crippen LogP contribution in [0.4, 0.5) is 4.39 Å². The number of aromatic nitrogens is 2. The molecule has 0 unspecified atom stereocenters. The van der Waals surface area contributed by atoms with Gasteiger partial charge < -0.3 is 4.90 Å². The number of likely N-dealkylation sites (N-methyl/N-ethyl adjacent to an activating group) is 1. The van der Waals surface area contributed by atoms with E-state index in [2.05, 4.69) is 20.9 Å². The average Bonchev–Trinajstić information content (AvgIpc) is 3.18. The van der Waals surface area contributed by atoms with E-state index in [1.807, 2.05) is 11.4 Å². The molecule has 23 heavy (non-hydrogen) atoms. The van der Waals surface area contributed by atoms with E-state index in [9.17, 15) is 9.18 Å². The largest absolute Gasteiger partial charge is 0.339 e. The Morgan fingerprint density at radius 2 is 2.39 bits per heavy atom. The van der Waals surface area contributed by atoms with Gasteiger partial charge in [0.25, 0.3) is 5.91 Å². The van der Waals surface area contributed by atoms with Crippen molar-refractivity contribution in [3.63, 3.8) is 0 Å². The van der Waals surface area contributed by atoms with Crippen molar-refractivity contribution in [2.75, 3.05) is 20.1 Å². The molecular weight excluding hydrogens is 315 g/mol. The van der Waals surface area contributed by atoms with Crippen molar-refractivity contribution in [3.8, 4) is 0 Å². The molecule has 0 radical (unpaired) electrons. The molecule has 1 aliphatic heterocycles. The number of rotatable bonds is 5. The van der Waals surface area contributed by atoms with Gasteiger partial charge in [-0.15, -0.1) is 11.3 Å². The molecule has 5 nitrogen and oxygen atoms in total. The maximum Gasteiger partial charge on any atom is 0.273 e. The Morgan fingerprint density at radius 3 is 3.09 bits per heavy atom. The molecule has 122 valence electrons. The highest BCUT2D eigenvalue weighted by atomic mass is 32.1. The minimum Gasteiger partial charge on any atom is -0.339 e. The summed E-state index contributed by atoms with van der Waals surface area (Å²) in [6.45, 7) is 1.65. The zero-order chi connectivity index (χ0) is 16.2. The molecule has 1 aliphatic rings. The zero-order valence-electron chi connectivity index (χ0n) is 12.9. The average molecular weight is 334 g/mol. The van der Waals surface area contributed by atoms with Crippen LogP contribution in [0.25, 0.3) is 0 Å². The Morgan fingerprint density at radius 1 is 1.52 bits per heavy atom. The summed E-state index contributed by atoms with van der Waals surface area (Å²) in [7, 11) is 1.73. The van der Waals surface area contributed by atoms with E-state index in [0.29, 0.717) is 25.2 Å². The number of hydrogen-bond donors (Lipinski definition) is 0. The molecule has 7 heteroatoms. The first-order chi connectivity index (χ1) is 11.1. The molecule has 0 aromatic carbocycles. The lowest BCUT2D eigenvalue weighted by Crippen LogP contribution is -2.41. The molecule has 2 aromatic heterocycles. The van der Waals surface area contributed by atoms with Crippen LogP contribution in [0.1, 0.15) is 21.8 Å². The maximum absolute atomic E-state index is 13.9. The number of hydrogen-bond acceptors (Lipinski definition) is 5. The van der Waals surface area contributed by atoms with Crippen LogP contribution in [0.5, 0.6) is 0 Å². The fourth-order valence-corrected chi connectivity index (χ4v) is 3.64. The predicted molar refractivity (Wildman–Crippen MR) is 87.0 cm³/mol. The summed E-state index contributed by atoms with van der Waals surface area (Å²) >= 11 is 1.67. The molecule has 1 saturated heterocycles. The van der Waals surface area contributed by atoms with E-state index in [1.54, 1.807) is 23.3 Å². The minimum atomic E-state index is -0.833. The van der Waals surface area contributed by atoms with Crippen LogP contribution in [0, 0.1) is 0 Å². The van der Waals surface area contributed by atoms with Gasteiger partial charge in [-0.1, -0.05) is 6.07 Å². The zero-order valence-corrected chi connectivity index (χ0v) is 13.7. The number of alkyl halides is 1. The Kier molecular flexibility index (Phi) is 4.97. The number of halogens is 1. The first-order valence-corrected chi connectivity index (χ1v) is 8.43. The molecule has 0 spiro atoms. The molecule has 0 bridgehead atoms. The first kappa shape index (κ1) is 16.0. The van der Waals surface area contributed by atoms with Crippen LogP contribution in [-0.2, 0) is 6.54 Å². The predicted octanol–water partition coefficient (Wildman–Crippen LogP) is 2.22.